The van der Waals surface area contributed by atoms with E-state index in [1.165, 1.54) is 6.07 Å². The van der Waals surface area contributed by atoms with Gasteiger partial charge in [0.25, 0.3) is 0 Å². The minimum atomic E-state index is -0.286. The lowest BCUT2D eigenvalue weighted by Crippen LogP contribution is -2.44. The zero-order chi connectivity index (χ0) is 22.3. The van der Waals surface area contributed by atoms with Crippen molar-refractivity contribution in [3.63, 3.8) is 0 Å². The molecule has 7 nitrogen and oxygen atoms in total. The normalized spacial score (nSPS) is 18.4. The molecule has 0 radical (unpaired) electrons. The zero-order valence-corrected chi connectivity index (χ0v) is 21.3. The Kier molecular flexibility index (Phi) is 9.28. The number of carbonyl (C=O) groups excluding carboxylic acids is 1. The van der Waals surface area contributed by atoms with E-state index >= 15 is 0 Å². The number of guanidine groups is 1. The first kappa shape index (κ1) is 25.2. The highest BCUT2D eigenvalue weighted by Crippen LogP contribution is 2.21. The van der Waals surface area contributed by atoms with Crippen molar-refractivity contribution < 1.29 is 9.18 Å². The number of nitrogens with zero attached hydrogens (tertiary/aromatic N) is 4. The molecule has 0 spiro atoms. The SMILES string of the molecule is CCNC(=NCc1ccc(CN2CCCC2=O)cc1)NC1CCN(c2ncccc2F)C1.I. The van der Waals surface area contributed by atoms with E-state index in [0.717, 1.165) is 49.6 Å². The Hall–Kier alpha value is -2.43. The van der Waals surface area contributed by atoms with Gasteiger partial charge < -0.3 is 20.4 Å². The molecule has 4 rings (SSSR count). The van der Waals surface area contributed by atoms with Gasteiger partial charge in [-0.15, -0.1) is 24.0 Å². The van der Waals surface area contributed by atoms with Gasteiger partial charge in [0, 0.05) is 51.4 Å². The number of pyridine rings is 1. The van der Waals surface area contributed by atoms with Gasteiger partial charge in [-0.2, -0.15) is 0 Å². The van der Waals surface area contributed by atoms with Crippen LogP contribution in [0.5, 0.6) is 0 Å². The molecule has 2 aliphatic heterocycles. The van der Waals surface area contributed by atoms with Crippen LogP contribution in [0, 0.1) is 5.82 Å². The summed E-state index contributed by atoms with van der Waals surface area (Å²) in [6.45, 7) is 6.34. The number of benzene rings is 1. The van der Waals surface area contributed by atoms with E-state index in [0.29, 0.717) is 31.9 Å². The Balaban J connectivity index is 0.00000306. The second kappa shape index (κ2) is 12.2. The third-order valence-corrected chi connectivity index (χ3v) is 5.90. The number of likely N-dealkylation sites (tertiary alicyclic amines) is 1. The third-order valence-electron chi connectivity index (χ3n) is 5.90. The van der Waals surface area contributed by atoms with Crippen molar-refractivity contribution >= 4 is 41.7 Å². The number of carbonyl (C=O) groups is 1. The lowest BCUT2D eigenvalue weighted by atomic mass is 10.1. The summed E-state index contributed by atoms with van der Waals surface area (Å²) in [4.78, 5) is 24.6. The number of nitrogens with one attached hydrogen (secondary N) is 2. The number of halogens is 2. The van der Waals surface area contributed by atoms with Crippen molar-refractivity contribution in [1.82, 2.24) is 20.5 Å². The summed E-state index contributed by atoms with van der Waals surface area (Å²) in [6.07, 6.45) is 4.15. The largest absolute Gasteiger partial charge is 0.357 e. The van der Waals surface area contributed by atoms with Crippen LogP contribution in [-0.2, 0) is 17.9 Å². The van der Waals surface area contributed by atoms with Crippen LogP contribution in [0.15, 0.2) is 47.6 Å². The molecule has 178 valence electrons. The fourth-order valence-electron chi connectivity index (χ4n) is 4.21. The number of aromatic nitrogens is 1. The van der Waals surface area contributed by atoms with Crippen LogP contribution in [0.4, 0.5) is 10.2 Å². The fourth-order valence-corrected chi connectivity index (χ4v) is 4.21. The van der Waals surface area contributed by atoms with Crippen LogP contribution in [0.2, 0.25) is 0 Å². The highest BCUT2D eigenvalue weighted by Gasteiger charge is 2.26. The lowest BCUT2D eigenvalue weighted by molar-refractivity contribution is -0.128. The summed E-state index contributed by atoms with van der Waals surface area (Å²) < 4.78 is 14.0. The van der Waals surface area contributed by atoms with Gasteiger partial charge in [0.2, 0.25) is 5.91 Å². The molecule has 1 aromatic heterocycles. The minimum absolute atomic E-state index is 0. The Morgan fingerprint density at radius 1 is 1.21 bits per heavy atom. The Labute approximate surface area is 211 Å². The fraction of sp³-hybridized carbons (Fsp3) is 0.458. The van der Waals surface area contributed by atoms with Crippen LogP contribution in [0.3, 0.4) is 0 Å². The first-order chi connectivity index (χ1) is 15.6. The highest BCUT2D eigenvalue weighted by molar-refractivity contribution is 14.0. The summed E-state index contributed by atoms with van der Waals surface area (Å²) in [7, 11) is 0. The van der Waals surface area contributed by atoms with Gasteiger partial charge in [-0.1, -0.05) is 24.3 Å². The number of amides is 1. The molecule has 3 heterocycles. The maximum atomic E-state index is 14.0. The first-order valence-corrected chi connectivity index (χ1v) is 11.4. The standard InChI is InChI=1S/C24H31FN6O.HI/c1-2-26-24(29-20-11-14-31(17-20)23-21(25)5-3-12-27-23)28-15-18-7-9-19(10-8-18)16-30-13-4-6-22(30)32;/h3,5,7-10,12,20H,2,4,6,11,13-17H2,1H3,(H2,26,28,29);1H. The summed E-state index contributed by atoms with van der Waals surface area (Å²) in [6, 6.07) is 11.5. The second-order valence-corrected chi connectivity index (χ2v) is 8.32. The smallest absolute Gasteiger partial charge is 0.222 e. The maximum Gasteiger partial charge on any atom is 0.222 e. The van der Waals surface area contributed by atoms with Crippen LogP contribution >= 0.6 is 24.0 Å². The van der Waals surface area contributed by atoms with E-state index in [9.17, 15) is 9.18 Å². The third kappa shape index (κ3) is 6.78. The Morgan fingerprint density at radius 2 is 2.00 bits per heavy atom. The van der Waals surface area contributed by atoms with Gasteiger partial charge in [-0.3, -0.25) is 4.79 Å². The Morgan fingerprint density at radius 3 is 2.70 bits per heavy atom. The summed E-state index contributed by atoms with van der Waals surface area (Å²) in [5, 5.41) is 6.77. The van der Waals surface area contributed by atoms with Crippen molar-refractivity contribution in [2.24, 2.45) is 4.99 Å². The predicted octanol–water partition coefficient (Wildman–Crippen LogP) is 3.30. The minimum Gasteiger partial charge on any atom is -0.357 e. The van der Waals surface area contributed by atoms with Crippen LogP contribution in [-0.4, -0.2) is 54.0 Å². The van der Waals surface area contributed by atoms with Crippen molar-refractivity contribution in [2.45, 2.75) is 45.3 Å². The molecule has 33 heavy (non-hydrogen) atoms. The number of hydrogen-bond acceptors (Lipinski definition) is 4. The molecule has 2 aliphatic rings. The Bertz CT molecular complexity index is 954. The molecule has 0 bridgehead atoms. The van der Waals surface area contributed by atoms with E-state index in [1.807, 2.05) is 16.7 Å². The number of hydrogen-bond donors (Lipinski definition) is 2. The number of aliphatic imine (C=N–C) groups is 1. The molecule has 0 saturated carbocycles. The molecule has 0 aliphatic carbocycles. The topological polar surface area (TPSA) is 72.9 Å². The van der Waals surface area contributed by atoms with Crippen molar-refractivity contribution in [3.8, 4) is 0 Å². The number of rotatable bonds is 7. The van der Waals surface area contributed by atoms with Gasteiger partial charge in [-0.25, -0.2) is 14.4 Å². The highest BCUT2D eigenvalue weighted by atomic mass is 127. The second-order valence-electron chi connectivity index (χ2n) is 8.32. The van der Waals surface area contributed by atoms with E-state index in [4.69, 9.17) is 4.99 Å². The molecular weight excluding hydrogens is 534 g/mol. The van der Waals surface area contributed by atoms with Gasteiger partial charge >= 0.3 is 0 Å². The van der Waals surface area contributed by atoms with E-state index in [-0.39, 0.29) is 41.7 Å². The first-order valence-electron chi connectivity index (χ1n) is 11.4. The van der Waals surface area contributed by atoms with Crippen LogP contribution < -0.4 is 15.5 Å². The van der Waals surface area contributed by atoms with Gasteiger partial charge in [-0.05, 0) is 43.0 Å². The molecule has 2 saturated heterocycles. The monoisotopic (exact) mass is 566 g/mol. The summed E-state index contributed by atoms with van der Waals surface area (Å²) >= 11 is 0. The van der Waals surface area contributed by atoms with Crippen molar-refractivity contribution in [1.29, 1.82) is 0 Å². The molecular formula is C24H32FIN6O. The molecule has 1 aromatic carbocycles. The summed E-state index contributed by atoms with van der Waals surface area (Å²) in [5.74, 6) is 1.13. The van der Waals surface area contributed by atoms with Gasteiger partial charge in [0.1, 0.15) is 0 Å². The maximum absolute atomic E-state index is 14.0. The average Bonchev–Trinajstić information content (AvgIpc) is 3.42. The predicted molar refractivity (Wildman–Crippen MR) is 139 cm³/mol. The van der Waals surface area contributed by atoms with E-state index < -0.39 is 0 Å². The van der Waals surface area contributed by atoms with E-state index in [2.05, 4.69) is 39.9 Å². The summed E-state index contributed by atoms with van der Waals surface area (Å²) in [5.41, 5.74) is 2.26. The molecule has 2 fully saturated rings. The average molecular weight is 566 g/mol. The van der Waals surface area contributed by atoms with Gasteiger partial charge in [0.05, 0.1) is 6.54 Å². The van der Waals surface area contributed by atoms with Crippen molar-refractivity contribution in [3.05, 3.63) is 59.5 Å². The van der Waals surface area contributed by atoms with Crippen LogP contribution in [0.25, 0.3) is 0 Å². The molecule has 2 aromatic rings. The number of anilines is 1. The molecule has 9 heteroatoms. The van der Waals surface area contributed by atoms with Crippen molar-refractivity contribution in [2.75, 3.05) is 31.1 Å². The van der Waals surface area contributed by atoms with Crippen LogP contribution in [0.1, 0.15) is 37.3 Å². The molecule has 1 amide bonds. The molecule has 2 N–H and O–H groups in total. The lowest BCUT2D eigenvalue weighted by Gasteiger charge is -2.20. The van der Waals surface area contributed by atoms with E-state index in [1.54, 1.807) is 12.3 Å². The molecule has 1 atom stereocenters. The van der Waals surface area contributed by atoms with Gasteiger partial charge in [0.15, 0.2) is 17.6 Å². The molecule has 1 unspecified atom stereocenters. The quantitative estimate of drug-likeness (QED) is 0.306. The zero-order valence-electron chi connectivity index (χ0n) is 19.0.